The Balaban J connectivity index is 0.000000280. The molecule has 0 saturated carbocycles. The van der Waals surface area contributed by atoms with Crippen LogP contribution >= 0.6 is 0 Å². The average molecular weight is 939 g/mol. The van der Waals surface area contributed by atoms with Crippen LogP contribution in [0.5, 0.6) is 0 Å². The first-order valence-electron chi connectivity index (χ1n) is 22.9. The largest absolute Gasteiger partial charge is 0.501 e. The van der Waals surface area contributed by atoms with Gasteiger partial charge in [0, 0.05) is 50.2 Å². The molecule has 3 nitrogen and oxygen atoms in total. The Hall–Kier alpha value is -4.72. The van der Waals surface area contributed by atoms with Crippen LogP contribution in [-0.2, 0) is 20.1 Å². The molecule has 0 aliphatic heterocycles. The Labute approximate surface area is 356 Å². The van der Waals surface area contributed by atoms with Crippen LogP contribution in [0.2, 0.25) is 39.3 Å². The predicted octanol–water partition coefficient (Wildman–Crippen LogP) is 12.3. The third-order valence-corrected chi connectivity index (χ3v) is 13.5. The third-order valence-electron chi connectivity index (χ3n) is 9.50. The Kier molecular flexibility index (Phi) is 8.43. The van der Waals surface area contributed by atoms with Crippen molar-refractivity contribution in [1.82, 2.24) is 9.97 Å². The second-order valence-electron chi connectivity index (χ2n) is 15.5. The average Bonchev–Trinajstić information content (AvgIpc) is 3.60. The van der Waals surface area contributed by atoms with Gasteiger partial charge in [-0.25, -0.2) is 0 Å². The van der Waals surface area contributed by atoms with Crippen LogP contribution < -0.4 is 10.4 Å². The molecule has 0 spiro atoms. The van der Waals surface area contributed by atoms with Crippen molar-refractivity contribution in [3.63, 3.8) is 0 Å². The molecule has 0 saturated heterocycles. The summed E-state index contributed by atoms with van der Waals surface area (Å²) in [4.78, 5) is 8.99. The third kappa shape index (κ3) is 8.74. The Morgan fingerprint density at radius 1 is 0.636 bits per heavy atom. The van der Waals surface area contributed by atoms with Crippen molar-refractivity contribution in [1.29, 1.82) is 0 Å². The minimum absolute atomic E-state index is 0. The summed E-state index contributed by atoms with van der Waals surface area (Å²) in [5.74, 6) is 0. The Morgan fingerprint density at radius 3 is 2.09 bits per heavy atom. The molecule has 5 aromatic carbocycles. The molecule has 55 heavy (non-hydrogen) atoms. The molecule has 8 rings (SSSR count). The smallest absolute Gasteiger partial charge is 0.121 e. The number of hydrogen-bond donors (Lipinski definition) is 0. The number of fused-ring (bicyclic) bond motifs is 3. The summed E-state index contributed by atoms with van der Waals surface area (Å²) >= 11 is 0. The van der Waals surface area contributed by atoms with Gasteiger partial charge in [-0.15, -0.1) is 53.6 Å². The molecule has 3 aromatic heterocycles. The first-order valence-corrected chi connectivity index (χ1v) is 24.9. The predicted molar refractivity (Wildman–Crippen MR) is 235 cm³/mol. The minimum atomic E-state index is -2.60. The van der Waals surface area contributed by atoms with Crippen molar-refractivity contribution in [3.05, 3.63) is 156 Å². The summed E-state index contributed by atoms with van der Waals surface area (Å²) in [5, 5.41) is 3.88. The van der Waals surface area contributed by atoms with E-state index < -0.39 is 36.7 Å². The topological polar surface area (TPSA) is 38.9 Å². The van der Waals surface area contributed by atoms with Crippen LogP contribution in [0.3, 0.4) is 0 Å². The molecule has 0 aliphatic carbocycles. The molecule has 0 bridgehead atoms. The van der Waals surface area contributed by atoms with Gasteiger partial charge in [0.1, 0.15) is 5.58 Å². The molecule has 3 heterocycles. The van der Waals surface area contributed by atoms with E-state index in [1.165, 1.54) is 17.4 Å². The van der Waals surface area contributed by atoms with Crippen molar-refractivity contribution in [2.24, 2.45) is 0 Å². The molecule has 0 fully saturated rings. The molecule has 0 amide bonds. The summed E-state index contributed by atoms with van der Waals surface area (Å²) in [6.07, 6.45) is 3.18. The molecule has 0 N–H and O–H groups in total. The van der Waals surface area contributed by atoms with E-state index in [0.29, 0.717) is 28.0 Å². The van der Waals surface area contributed by atoms with Gasteiger partial charge in [-0.1, -0.05) is 141 Å². The van der Waals surface area contributed by atoms with Crippen LogP contribution in [0.1, 0.15) is 30.4 Å². The summed E-state index contributed by atoms with van der Waals surface area (Å²) in [5.41, 5.74) is 6.17. The number of rotatable bonds is 6. The zero-order valence-electron chi connectivity index (χ0n) is 41.7. The maximum absolute atomic E-state index is 8.96. The first-order chi connectivity index (χ1) is 29.8. The van der Waals surface area contributed by atoms with Crippen LogP contribution in [0.25, 0.3) is 66.7 Å². The van der Waals surface area contributed by atoms with E-state index in [1.807, 2.05) is 66.9 Å². The number of furan rings is 1. The molecule has 0 unspecified atom stereocenters. The molecular formula is C49H48IrN2OSi2-2. The minimum Gasteiger partial charge on any atom is -0.501 e. The van der Waals surface area contributed by atoms with E-state index in [4.69, 9.17) is 18.1 Å². The van der Waals surface area contributed by atoms with Crippen molar-refractivity contribution >= 4 is 48.5 Å². The summed E-state index contributed by atoms with van der Waals surface area (Å²) < 4.78 is 87.2. The van der Waals surface area contributed by atoms with E-state index in [-0.39, 0.29) is 48.4 Å². The second kappa shape index (κ2) is 16.2. The van der Waals surface area contributed by atoms with Gasteiger partial charge in [-0.2, -0.15) is 0 Å². The maximum Gasteiger partial charge on any atom is 0.121 e. The van der Waals surface area contributed by atoms with Gasteiger partial charge in [0.2, 0.25) is 0 Å². The van der Waals surface area contributed by atoms with Gasteiger partial charge in [0.05, 0.1) is 23.1 Å². The molecule has 0 atom stereocenters. The summed E-state index contributed by atoms with van der Waals surface area (Å²) in [6.45, 7) is 5.82. The number of aromatic nitrogens is 2. The van der Waals surface area contributed by atoms with Crippen LogP contribution in [0, 0.1) is 32.7 Å². The van der Waals surface area contributed by atoms with Crippen molar-refractivity contribution in [2.45, 2.75) is 59.8 Å². The summed E-state index contributed by atoms with van der Waals surface area (Å²) in [7, 11) is -3.33. The van der Waals surface area contributed by atoms with E-state index in [2.05, 4.69) is 67.4 Å². The van der Waals surface area contributed by atoms with Crippen molar-refractivity contribution in [3.8, 4) is 44.8 Å². The molecule has 6 heteroatoms. The van der Waals surface area contributed by atoms with Crippen LogP contribution in [-0.4, -0.2) is 26.1 Å². The second-order valence-corrected chi connectivity index (χ2v) is 25.6. The molecule has 0 aliphatic rings. The fourth-order valence-electron chi connectivity index (χ4n) is 6.27. The molecule has 8 aromatic rings. The number of hydrogen-bond acceptors (Lipinski definition) is 3. The van der Waals surface area contributed by atoms with Gasteiger partial charge in [-0.05, 0) is 69.7 Å². The fourth-order valence-corrected chi connectivity index (χ4v) is 8.39. The fraction of sp³-hybridized carbons (Fsp3) is 0.184. The van der Waals surface area contributed by atoms with E-state index >= 15 is 0 Å². The Morgan fingerprint density at radius 2 is 1.42 bits per heavy atom. The van der Waals surface area contributed by atoms with Crippen LogP contribution in [0.4, 0.5) is 0 Å². The standard InChI is InChI=1S/C34H30NOSi.C15H18NSi.Ir/c1-22-18-26(37(3,4)5)15-17-27(22)31-20-32(35-21-23(31)2)30-13-9-12-29-28-16-14-25(19-33(28)36-34(29)30)24-10-7-6-8-11-24;1-12-5-7-13(8-6-12)15-10-9-14(11-16-15)17(2,3)4;/h6-12,14-21H,1-5H3;5-7,9-11H,1-4H3;/q2*-1;/i1D3,2D3,17D;1D3;. The van der Waals surface area contributed by atoms with Gasteiger partial charge in [-0.3, -0.25) is 0 Å². The van der Waals surface area contributed by atoms with E-state index in [0.717, 1.165) is 38.3 Å². The maximum atomic E-state index is 8.96. The first kappa shape index (κ1) is 28.7. The normalized spacial score (nSPS) is 14.9. The molecule has 279 valence electrons. The summed E-state index contributed by atoms with van der Waals surface area (Å²) in [6, 6.07) is 39.8. The number of aryl methyl sites for hydroxylation is 3. The van der Waals surface area contributed by atoms with Gasteiger partial charge >= 0.3 is 0 Å². The quantitative estimate of drug-likeness (QED) is 0.123. The van der Waals surface area contributed by atoms with Crippen molar-refractivity contribution in [2.75, 3.05) is 0 Å². The zero-order valence-corrected chi connectivity index (χ0v) is 36.1. The van der Waals surface area contributed by atoms with Gasteiger partial charge < -0.3 is 14.4 Å². The molecular weight excluding hydrogens is 881 g/mol. The van der Waals surface area contributed by atoms with Crippen molar-refractivity contribution < 1.29 is 38.2 Å². The van der Waals surface area contributed by atoms with E-state index in [1.54, 1.807) is 36.4 Å². The SMILES string of the molecule is [2H]C([2H])([2H])c1c[c-]c(-c2ccc([Si](C)(C)C)cn2)cc1.[2H]c1cc([Si](C)(C)C)cc(C([2H])([2H])[2H])c1-c1cc(-c2[c-]ccc3c2oc2cc(-c4ccccc4)ccc23)ncc1C([2H])([2H])[2H].[Ir]. The number of benzene rings is 5. The van der Waals surface area contributed by atoms with Gasteiger partial charge in [0.15, 0.2) is 0 Å². The zero-order chi connectivity index (χ0) is 46.6. The van der Waals surface area contributed by atoms with E-state index in [9.17, 15) is 0 Å². The monoisotopic (exact) mass is 939 g/mol. The number of pyridine rings is 2. The number of nitrogens with zero attached hydrogens (tertiary/aromatic N) is 2. The molecule has 1 radical (unpaired) electrons. The van der Waals surface area contributed by atoms with Gasteiger partial charge in [0.25, 0.3) is 0 Å². The Bertz CT molecular complexity index is 2920. The van der Waals surface area contributed by atoms with Crippen LogP contribution in [0.15, 0.2) is 132 Å².